The lowest BCUT2D eigenvalue weighted by atomic mass is 10.1. The van der Waals surface area contributed by atoms with E-state index in [4.69, 9.17) is 9.47 Å². The molecule has 0 aliphatic carbocycles. The summed E-state index contributed by atoms with van der Waals surface area (Å²) in [6.07, 6.45) is 1.51. The van der Waals surface area contributed by atoms with Gasteiger partial charge in [0, 0.05) is 31.9 Å². The SMILES string of the molecule is CNC(=O)c1cc(Oc2ccc(CNC(=O)Nc3cc(O)ccc3OC)cc2C)ccn1. The van der Waals surface area contributed by atoms with Gasteiger partial charge in [0.2, 0.25) is 0 Å². The molecule has 9 nitrogen and oxygen atoms in total. The molecule has 166 valence electrons. The highest BCUT2D eigenvalue weighted by Crippen LogP contribution is 2.28. The van der Waals surface area contributed by atoms with Crippen molar-refractivity contribution >= 4 is 17.6 Å². The van der Waals surface area contributed by atoms with Crippen molar-refractivity contribution in [3.05, 3.63) is 71.5 Å². The van der Waals surface area contributed by atoms with Gasteiger partial charge in [0.1, 0.15) is 28.7 Å². The number of phenols is 1. The van der Waals surface area contributed by atoms with E-state index in [1.165, 1.54) is 32.5 Å². The fourth-order valence-electron chi connectivity index (χ4n) is 2.93. The average molecular weight is 436 g/mol. The van der Waals surface area contributed by atoms with Crippen LogP contribution < -0.4 is 25.4 Å². The Hall–Kier alpha value is -4.27. The van der Waals surface area contributed by atoms with Gasteiger partial charge in [-0.25, -0.2) is 4.79 Å². The molecular formula is C23H24N4O5. The highest BCUT2D eigenvalue weighted by Gasteiger charge is 2.10. The number of phenolic OH excluding ortho intramolecular Hbond substituents is 1. The fraction of sp³-hybridized carbons (Fsp3) is 0.174. The Morgan fingerprint density at radius 2 is 1.84 bits per heavy atom. The lowest BCUT2D eigenvalue weighted by Gasteiger charge is -2.13. The Balaban J connectivity index is 1.61. The van der Waals surface area contributed by atoms with Crippen LogP contribution in [-0.2, 0) is 6.54 Å². The molecule has 0 aliphatic heterocycles. The number of aryl methyl sites for hydroxylation is 1. The first-order valence-corrected chi connectivity index (χ1v) is 9.77. The van der Waals surface area contributed by atoms with Crippen LogP contribution in [0, 0.1) is 6.92 Å². The maximum absolute atomic E-state index is 12.2. The molecule has 3 amide bonds. The molecule has 1 aromatic heterocycles. The molecule has 2 aromatic carbocycles. The molecule has 3 rings (SSSR count). The summed E-state index contributed by atoms with van der Waals surface area (Å²) >= 11 is 0. The van der Waals surface area contributed by atoms with Crippen molar-refractivity contribution in [2.75, 3.05) is 19.5 Å². The Bertz CT molecular complexity index is 1130. The summed E-state index contributed by atoms with van der Waals surface area (Å²) in [5, 5.41) is 17.5. The molecule has 0 unspecified atom stereocenters. The number of nitrogens with one attached hydrogen (secondary N) is 3. The van der Waals surface area contributed by atoms with Gasteiger partial charge in [-0.2, -0.15) is 0 Å². The van der Waals surface area contributed by atoms with Crippen molar-refractivity contribution in [2.24, 2.45) is 0 Å². The molecule has 0 fully saturated rings. The van der Waals surface area contributed by atoms with Crippen molar-refractivity contribution in [1.29, 1.82) is 0 Å². The Morgan fingerprint density at radius 1 is 1.06 bits per heavy atom. The summed E-state index contributed by atoms with van der Waals surface area (Å²) in [6.45, 7) is 2.17. The summed E-state index contributed by atoms with van der Waals surface area (Å²) in [4.78, 5) is 28.0. The smallest absolute Gasteiger partial charge is 0.319 e. The van der Waals surface area contributed by atoms with Crippen LogP contribution in [0.5, 0.6) is 23.0 Å². The van der Waals surface area contributed by atoms with Crippen LogP contribution in [0.4, 0.5) is 10.5 Å². The Kier molecular flexibility index (Phi) is 7.12. The third-order valence-corrected chi connectivity index (χ3v) is 4.54. The van der Waals surface area contributed by atoms with E-state index in [1.54, 1.807) is 24.3 Å². The molecule has 9 heteroatoms. The summed E-state index contributed by atoms with van der Waals surface area (Å²) in [7, 11) is 3.02. The van der Waals surface area contributed by atoms with Gasteiger partial charge in [0.15, 0.2) is 0 Å². The average Bonchev–Trinajstić information content (AvgIpc) is 2.79. The van der Waals surface area contributed by atoms with Gasteiger partial charge in [-0.1, -0.05) is 12.1 Å². The zero-order valence-corrected chi connectivity index (χ0v) is 17.9. The fourth-order valence-corrected chi connectivity index (χ4v) is 2.93. The van der Waals surface area contributed by atoms with Gasteiger partial charge in [-0.3, -0.25) is 9.78 Å². The second-order valence-corrected chi connectivity index (χ2v) is 6.85. The zero-order valence-electron chi connectivity index (χ0n) is 17.9. The topological polar surface area (TPSA) is 122 Å². The summed E-state index contributed by atoms with van der Waals surface area (Å²) in [5.41, 5.74) is 2.35. The number of ether oxygens (including phenoxy) is 2. The molecule has 0 aliphatic rings. The van der Waals surface area contributed by atoms with Crippen LogP contribution in [0.2, 0.25) is 0 Å². The molecule has 1 heterocycles. The third-order valence-electron chi connectivity index (χ3n) is 4.54. The maximum atomic E-state index is 12.2. The number of urea groups is 1. The predicted molar refractivity (Wildman–Crippen MR) is 119 cm³/mol. The normalized spacial score (nSPS) is 10.2. The van der Waals surface area contributed by atoms with Crippen LogP contribution in [0.25, 0.3) is 0 Å². The minimum Gasteiger partial charge on any atom is -0.508 e. The second kappa shape index (κ2) is 10.2. The lowest BCUT2D eigenvalue weighted by molar-refractivity contribution is 0.0958. The van der Waals surface area contributed by atoms with E-state index in [9.17, 15) is 14.7 Å². The number of amides is 3. The summed E-state index contributed by atoms with van der Waals surface area (Å²) in [6, 6.07) is 12.8. The highest BCUT2D eigenvalue weighted by atomic mass is 16.5. The van der Waals surface area contributed by atoms with Gasteiger partial charge in [0.05, 0.1) is 12.8 Å². The van der Waals surface area contributed by atoms with Gasteiger partial charge >= 0.3 is 6.03 Å². The van der Waals surface area contributed by atoms with Crippen molar-refractivity contribution in [2.45, 2.75) is 13.5 Å². The lowest BCUT2D eigenvalue weighted by Crippen LogP contribution is -2.28. The third kappa shape index (κ3) is 5.66. The zero-order chi connectivity index (χ0) is 23.1. The molecular weight excluding hydrogens is 412 g/mol. The number of benzene rings is 2. The first-order chi connectivity index (χ1) is 15.4. The van der Waals surface area contributed by atoms with Crippen LogP contribution in [0.15, 0.2) is 54.7 Å². The minimum absolute atomic E-state index is 0.0176. The van der Waals surface area contributed by atoms with E-state index in [-0.39, 0.29) is 23.9 Å². The van der Waals surface area contributed by atoms with Gasteiger partial charge in [0.25, 0.3) is 5.91 Å². The van der Waals surface area contributed by atoms with Crippen LogP contribution in [0.1, 0.15) is 21.6 Å². The number of carbonyl (C=O) groups excluding carboxylic acids is 2. The van der Waals surface area contributed by atoms with E-state index >= 15 is 0 Å². The second-order valence-electron chi connectivity index (χ2n) is 6.85. The van der Waals surface area contributed by atoms with E-state index in [2.05, 4.69) is 20.9 Å². The number of carbonyl (C=O) groups is 2. The monoisotopic (exact) mass is 436 g/mol. The number of rotatable bonds is 7. The maximum Gasteiger partial charge on any atom is 0.319 e. The van der Waals surface area contributed by atoms with E-state index in [1.807, 2.05) is 19.1 Å². The largest absolute Gasteiger partial charge is 0.508 e. The standard InChI is InChI=1S/C23H24N4O5/c1-14-10-15(13-26-23(30)27-18-11-16(28)5-7-21(18)31-3)4-6-20(14)32-17-8-9-25-19(12-17)22(29)24-2/h4-12,28H,13H2,1-3H3,(H,24,29)(H2,26,27,30). The van der Waals surface area contributed by atoms with Crippen LogP contribution in [-0.4, -0.2) is 36.2 Å². The quantitative estimate of drug-likeness (QED) is 0.449. The minimum atomic E-state index is -0.439. The summed E-state index contributed by atoms with van der Waals surface area (Å²) in [5.74, 6) is 1.27. The predicted octanol–water partition coefficient (Wildman–Crippen LogP) is 3.58. The van der Waals surface area contributed by atoms with Gasteiger partial charge < -0.3 is 30.5 Å². The van der Waals surface area contributed by atoms with Crippen molar-refractivity contribution in [3.63, 3.8) is 0 Å². The molecule has 0 bridgehead atoms. The number of hydrogen-bond acceptors (Lipinski definition) is 6. The number of aromatic nitrogens is 1. The number of anilines is 1. The number of aromatic hydroxyl groups is 1. The van der Waals surface area contributed by atoms with Gasteiger partial charge in [-0.15, -0.1) is 0 Å². The number of nitrogens with zero attached hydrogens (tertiary/aromatic N) is 1. The highest BCUT2D eigenvalue weighted by molar-refractivity contribution is 5.92. The number of pyridine rings is 1. The first kappa shape index (κ1) is 22.4. The molecule has 0 saturated carbocycles. The van der Waals surface area contributed by atoms with E-state index in [0.717, 1.165) is 11.1 Å². The van der Waals surface area contributed by atoms with E-state index in [0.29, 0.717) is 22.9 Å². The van der Waals surface area contributed by atoms with Crippen molar-refractivity contribution < 1.29 is 24.2 Å². The van der Waals surface area contributed by atoms with Crippen molar-refractivity contribution in [1.82, 2.24) is 15.6 Å². The van der Waals surface area contributed by atoms with E-state index < -0.39 is 6.03 Å². The molecule has 3 aromatic rings. The molecule has 0 radical (unpaired) electrons. The molecule has 4 N–H and O–H groups in total. The first-order valence-electron chi connectivity index (χ1n) is 9.77. The molecule has 0 spiro atoms. The Labute approximate surface area is 185 Å². The van der Waals surface area contributed by atoms with Crippen LogP contribution >= 0.6 is 0 Å². The van der Waals surface area contributed by atoms with Crippen molar-refractivity contribution in [3.8, 4) is 23.0 Å². The number of hydrogen-bond donors (Lipinski definition) is 4. The van der Waals surface area contributed by atoms with Crippen LogP contribution in [0.3, 0.4) is 0 Å². The molecule has 32 heavy (non-hydrogen) atoms. The van der Waals surface area contributed by atoms with Gasteiger partial charge in [-0.05, 0) is 42.3 Å². The number of methoxy groups -OCH3 is 1. The summed E-state index contributed by atoms with van der Waals surface area (Å²) < 4.78 is 11.1. The molecule has 0 atom stereocenters. The Morgan fingerprint density at radius 3 is 2.56 bits per heavy atom. The molecule has 0 saturated heterocycles.